The summed E-state index contributed by atoms with van der Waals surface area (Å²) in [6.45, 7) is 3.97. The molecule has 5 nitrogen and oxygen atoms in total. The molecule has 0 bridgehead atoms. The highest BCUT2D eigenvalue weighted by Gasteiger charge is 2.16. The lowest BCUT2D eigenvalue weighted by molar-refractivity contribution is -0.161. The Balaban J connectivity index is 3.63. The minimum atomic E-state index is -0.783. The maximum absolute atomic E-state index is 12.2. The quantitative estimate of drug-likeness (QED) is 0.0438. The lowest BCUT2D eigenvalue weighted by Crippen LogP contribution is -2.28. The van der Waals surface area contributed by atoms with Crippen LogP contribution in [0.2, 0.25) is 0 Å². The molecule has 0 aromatic rings. The van der Waals surface area contributed by atoms with Crippen molar-refractivity contribution >= 4 is 11.9 Å². The summed E-state index contributed by atoms with van der Waals surface area (Å²) < 4.78 is 10.6. The van der Waals surface area contributed by atoms with Crippen molar-refractivity contribution in [2.75, 3.05) is 13.2 Å². The molecule has 1 unspecified atom stereocenters. The number of unbranched alkanes of at least 4 members (excludes halogenated alkanes) is 15. The molecule has 0 spiro atoms. The lowest BCUT2D eigenvalue weighted by Gasteiger charge is -2.15. The van der Waals surface area contributed by atoms with Gasteiger partial charge in [0.1, 0.15) is 6.61 Å². The first-order chi connectivity index (χ1) is 22.6. The smallest absolute Gasteiger partial charge is 0.306 e. The molecular formula is C41H70O5. The van der Waals surface area contributed by atoms with Crippen LogP contribution in [0.25, 0.3) is 0 Å². The largest absolute Gasteiger partial charge is 0.462 e. The second-order valence-electron chi connectivity index (χ2n) is 12.3. The predicted octanol–water partition coefficient (Wildman–Crippen LogP) is 11.6. The summed E-state index contributed by atoms with van der Waals surface area (Å²) in [5, 5.41) is 9.54. The van der Waals surface area contributed by atoms with Crippen LogP contribution in [0.3, 0.4) is 0 Å². The Morgan fingerprint density at radius 1 is 0.522 bits per heavy atom. The van der Waals surface area contributed by atoms with Crippen LogP contribution in [0.4, 0.5) is 0 Å². The molecule has 0 amide bonds. The van der Waals surface area contributed by atoms with Gasteiger partial charge in [-0.2, -0.15) is 0 Å². The third-order valence-corrected chi connectivity index (χ3v) is 7.80. The second-order valence-corrected chi connectivity index (χ2v) is 12.3. The molecule has 0 aromatic carbocycles. The van der Waals surface area contributed by atoms with Gasteiger partial charge < -0.3 is 14.6 Å². The van der Waals surface area contributed by atoms with Crippen molar-refractivity contribution in [3.8, 4) is 0 Å². The van der Waals surface area contributed by atoms with Crippen LogP contribution >= 0.6 is 0 Å². The van der Waals surface area contributed by atoms with Gasteiger partial charge in [-0.25, -0.2) is 0 Å². The molecular weight excluding hydrogens is 572 g/mol. The van der Waals surface area contributed by atoms with Crippen LogP contribution in [-0.4, -0.2) is 36.4 Å². The van der Waals surface area contributed by atoms with Crippen molar-refractivity contribution in [3.63, 3.8) is 0 Å². The van der Waals surface area contributed by atoms with E-state index in [0.29, 0.717) is 12.8 Å². The Morgan fingerprint density at radius 3 is 1.43 bits per heavy atom. The standard InChI is InChI=1S/C41H70O5/c1-3-5-7-9-11-13-15-17-18-19-20-21-22-24-26-28-30-32-34-36-41(44)46-39(37-42)38-45-40(43)35-33-31-29-27-25-23-16-14-12-10-8-6-4-2/h5,7,11,13-14,16-18,20-21,39,42H,3-4,6,8-10,12,15,19,22-38H2,1-2H3/b7-5-,13-11-,16-14-,18-17-,21-20-. The number of carbonyl (C=O) groups is 2. The van der Waals surface area contributed by atoms with E-state index in [0.717, 1.165) is 77.0 Å². The Bertz CT molecular complexity index is 823. The maximum atomic E-state index is 12.2. The molecule has 0 saturated carbocycles. The molecule has 0 fully saturated rings. The summed E-state index contributed by atoms with van der Waals surface area (Å²) in [6, 6.07) is 0. The van der Waals surface area contributed by atoms with Crippen LogP contribution in [0.15, 0.2) is 60.8 Å². The van der Waals surface area contributed by atoms with Crippen molar-refractivity contribution in [1.82, 2.24) is 0 Å². The molecule has 0 aliphatic rings. The van der Waals surface area contributed by atoms with E-state index in [1.165, 1.54) is 64.2 Å². The summed E-state index contributed by atoms with van der Waals surface area (Å²) in [5.74, 6) is -0.622. The molecule has 1 N–H and O–H groups in total. The third kappa shape index (κ3) is 34.5. The van der Waals surface area contributed by atoms with Gasteiger partial charge in [0.2, 0.25) is 0 Å². The molecule has 46 heavy (non-hydrogen) atoms. The number of esters is 2. The number of aliphatic hydroxyl groups excluding tert-OH is 1. The molecule has 0 radical (unpaired) electrons. The fourth-order valence-corrected chi connectivity index (χ4v) is 4.95. The summed E-state index contributed by atoms with van der Waals surface area (Å²) in [5.41, 5.74) is 0. The van der Waals surface area contributed by atoms with Crippen molar-refractivity contribution in [2.45, 2.75) is 174 Å². The fraction of sp³-hybridized carbons (Fsp3) is 0.707. The van der Waals surface area contributed by atoms with Gasteiger partial charge in [0.15, 0.2) is 6.10 Å². The Labute approximate surface area is 283 Å². The van der Waals surface area contributed by atoms with Crippen LogP contribution < -0.4 is 0 Å². The molecule has 0 rings (SSSR count). The molecule has 5 heteroatoms. The minimum absolute atomic E-state index is 0.0782. The van der Waals surface area contributed by atoms with E-state index in [-0.39, 0.29) is 25.2 Å². The van der Waals surface area contributed by atoms with E-state index in [2.05, 4.69) is 74.6 Å². The zero-order valence-electron chi connectivity index (χ0n) is 29.8. The molecule has 0 saturated heterocycles. The Morgan fingerprint density at radius 2 is 0.935 bits per heavy atom. The van der Waals surface area contributed by atoms with Gasteiger partial charge in [-0.05, 0) is 77.0 Å². The maximum Gasteiger partial charge on any atom is 0.306 e. The normalized spacial score (nSPS) is 12.8. The summed E-state index contributed by atoms with van der Waals surface area (Å²) in [4.78, 5) is 24.2. The van der Waals surface area contributed by atoms with Gasteiger partial charge in [0.25, 0.3) is 0 Å². The zero-order chi connectivity index (χ0) is 33.6. The van der Waals surface area contributed by atoms with Crippen LogP contribution in [0.1, 0.15) is 168 Å². The average Bonchev–Trinajstić information content (AvgIpc) is 3.06. The molecule has 1 atom stereocenters. The first-order valence-corrected chi connectivity index (χ1v) is 18.8. The predicted molar refractivity (Wildman–Crippen MR) is 196 cm³/mol. The van der Waals surface area contributed by atoms with E-state index >= 15 is 0 Å². The highest BCUT2D eigenvalue weighted by atomic mass is 16.6. The van der Waals surface area contributed by atoms with Crippen LogP contribution in [-0.2, 0) is 19.1 Å². The summed E-state index contributed by atoms with van der Waals surface area (Å²) in [7, 11) is 0. The van der Waals surface area contributed by atoms with Crippen molar-refractivity contribution in [2.24, 2.45) is 0 Å². The van der Waals surface area contributed by atoms with E-state index in [1.54, 1.807) is 0 Å². The average molecular weight is 643 g/mol. The first kappa shape index (κ1) is 43.6. The Hall–Kier alpha value is -2.40. The van der Waals surface area contributed by atoms with Gasteiger partial charge in [-0.15, -0.1) is 0 Å². The van der Waals surface area contributed by atoms with Crippen LogP contribution in [0, 0.1) is 0 Å². The zero-order valence-corrected chi connectivity index (χ0v) is 29.8. The second kappa shape index (κ2) is 37.1. The van der Waals surface area contributed by atoms with E-state index in [1.807, 2.05) is 0 Å². The number of hydrogen-bond acceptors (Lipinski definition) is 5. The SMILES string of the molecule is CC/C=C\C/C=C\C/C=C\C/C=C\CCCCCCCCC(=O)OC(CO)COC(=O)CCCCCCC/C=C\CCCCCC. The highest BCUT2D eigenvalue weighted by Crippen LogP contribution is 2.12. The molecule has 0 aromatic heterocycles. The summed E-state index contributed by atoms with van der Waals surface area (Å²) >= 11 is 0. The minimum Gasteiger partial charge on any atom is -0.462 e. The third-order valence-electron chi connectivity index (χ3n) is 7.80. The summed E-state index contributed by atoms with van der Waals surface area (Å²) in [6.07, 6.45) is 47.0. The fourth-order valence-electron chi connectivity index (χ4n) is 4.95. The molecule has 0 aliphatic carbocycles. The highest BCUT2D eigenvalue weighted by molar-refractivity contribution is 5.70. The van der Waals surface area contributed by atoms with Gasteiger partial charge in [0.05, 0.1) is 6.61 Å². The molecule has 264 valence electrons. The van der Waals surface area contributed by atoms with E-state index < -0.39 is 6.10 Å². The number of ether oxygens (including phenoxy) is 2. The number of rotatable bonds is 33. The van der Waals surface area contributed by atoms with Crippen molar-refractivity contribution in [1.29, 1.82) is 0 Å². The van der Waals surface area contributed by atoms with Gasteiger partial charge >= 0.3 is 11.9 Å². The van der Waals surface area contributed by atoms with Gasteiger partial charge in [0, 0.05) is 12.8 Å². The number of hydrogen-bond donors (Lipinski definition) is 1. The van der Waals surface area contributed by atoms with Crippen molar-refractivity contribution < 1.29 is 24.2 Å². The van der Waals surface area contributed by atoms with Gasteiger partial charge in [-0.3, -0.25) is 9.59 Å². The number of allylic oxidation sites excluding steroid dienone is 10. The van der Waals surface area contributed by atoms with E-state index in [9.17, 15) is 14.7 Å². The van der Waals surface area contributed by atoms with Crippen LogP contribution in [0.5, 0.6) is 0 Å². The molecule has 0 aliphatic heterocycles. The topological polar surface area (TPSA) is 72.8 Å². The monoisotopic (exact) mass is 643 g/mol. The van der Waals surface area contributed by atoms with Gasteiger partial charge in [-0.1, -0.05) is 139 Å². The lowest BCUT2D eigenvalue weighted by atomic mass is 10.1. The number of aliphatic hydroxyl groups is 1. The van der Waals surface area contributed by atoms with Crippen molar-refractivity contribution in [3.05, 3.63) is 60.8 Å². The molecule has 0 heterocycles. The Kier molecular flexibility index (Phi) is 35.1. The number of carbonyl (C=O) groups excluding carboxylic acids is 2. The first-order valence-electron chi connectivity index (χ1n) is 18.8. The van der Waals surface area contributed by atoms with E-state index in [4.69, 9.17) is 9.47 Å².